The summed E-state index contributed by atoms with van der Waals surface area (Å²) < 4.78 is 12.8. The molecule has 0 fully saturated rings. The average molecular weight is 293 g/mol. The van der Waals surface area contributed by atoms with Gasteiger partial charge in [0.05, 0.1) is 0 Å². The number of halogens is 1. The Bertz CT molecular complexity index is 637. The lowest BCUT2D eigenvalue weighted by molar-refractivity contribution is -0.131. The van der Waals surface area contributed by atoms with E-state index >= 15 is 0 Å². The minimum atomic E-state index is -1.08. The molecule has 20 heavy (non-hydrogen) atoms. The van der Waals surface area contributed by atoms with Crippen LogP contribution in [0.25, 0.3) is 6.08 Å². The van der Waals surface area contributed by atoms with Gasteiger partial charge in [-0.3, -0.25) is 5.10 Å². The summed E-state index contributed by atoms with van der Waals surface area (Å²) in [5.74, 6) is -0.755. The number of nitrogens with zero attached hydrogens (tertiary/aromatic N) is 2. The van der Waals surface area contributed by atoms with Crippen LogP contribution in [0.15, 0.2) is 34.3 Å². The van der Waals surface area contributed by atoms with Crippen molar-refractivity contribution in [3.63, 3.8) is 0 Å². The Morgan fingerprint density at radius 2 is 2.15 bits per heavy atom. The van der Waals surface area contributed by atoms with Crippen LogP contribution in [0.4, 0.5) is 4.39 Å². The number of aliphatic carboxylic acids is 1. The van der Waals surface area contributed by atoms with Gasteiger partial charge in [-0.05, 0) is 35.5 Å². The number of hydrogen-bond donors (Lipinski definition) is 2. The van der Waals surface area contributed by atoms with Gasteiger partial charge >= 0.3 is 5.97 Å². The molecule has 1 aromatic carbocycles. The summed E-state index contributed by atoms with van der Waals surface area (Å²) in [7, 11) is 0. The zero-order valence-corrected chi connectivity index (χ0v) is 11.4. The number of carbonyl (C=O) groups is 1. The number of carboxylic acids is 1. The van der Waals surface area contributed by atoms with Gasteiger partial charge < -0.3 is 5.11 Å². The van der Waals surface area contributed by atoms with Gasteiger partial charge in [0, 0.05) is 6.42 Å². The molecule has 7 heteroatoms. The van der Waals surface area contributed by atoms with Gasteiger partial charge in [-0.15, -0.1) is 5.10 Å². The third-order valence-corrected chi connectivity index (χ3v) is 3.30. The van der Waals surface area contributed by atoms with Crippen molar-refractivity contribution >= 4 is 23.8 Å². The number of aryl methyl sites for hydroxylation is 1. The SMILES string of the molecule is CCc1nc(S/C(=C\c2ccc(F)cc2)C(=O)O)n[nH]1. The lowest BCUT2D eigenvalue weighted by atomic mass is 10.2. The number of rotatable bonds is 5. The van der Waals surface area contributed by atoms with Crippen LogP contribution in [0.5, 0.6) is 0 Å². The van der Waals surface area contributed by atoms with E-state index in [1.165, 1.54) is 30.3 Å². The maximum atomic E-state index is 12.8. The first-order valence-electron chi connectivity index (χ1n) is 5.88. The Balaban J connectivity index is 2.22. The molecule has 2 rings (SSSR count). The van der Waals surface area contributed by atoms with Crippen LogP contribution in [0.2, 0.25) is 0 Å². The van der Waals surface area contributed by atoms with Crippen LogP contribution < -0.4 is 0 Å². The van der Waals surface area contributed by atoms with Crippen molar-refractivity contribution in [2.24, 2.45) is 0 Å². The monoisotopic (exact) mass is 293 g/mol. The summed E-state index contributed by atoms with van der Waals surface area (Å²) in [6.45, 7) is 1.92. The Hall–Kier alpha value is -2.15. The molecule has 0 aliphatic carbocycles. The van der Waals surface area contributed by atoms with Gasteiger partial charge in [0.2, 0.25) is 5.16 Å². The van der Waals surface area contributed by atoms with Gasteiger partial charge in [-0.1, -0.05) is 19.1 Å². The maximum absolute atomic E-state index is 12.8. The molecule has 0 aliphatic rings. The van der Waals surface area contributed by atoms with Gasteiger partial charge in [-0.2, -0.15) is 0 Å². The highest BCUT2D eigenvalue weighted by molar-refractivity contribution is 8.04. The molecule has 0 radical (unpaired) electrons. The van der Waals surface area contributed by atoms with Crippen molar-refractivity contribution in [1.29, 1.82) is 0 Å². The van der Waals surface area contributed by atoms with Gasteiger partial charge in [-0.25, -0.2) is 14.2 Å². The van der Waals surface area contributed by atoms with Crippen LogP contribution >= 0.6 is 11.8 Å². The number of thioether (sulfide) groups is 1. The first-order chi connectivity index (χ1) is 9.58. The van der Waals surface area contributed by atoms with E-state index in [-0.39, 0.29) is 10.7 Å². The summed E-state index contributed by atoms with van der Waals surface area (Å²) in [5.41, 5.74) is 0.600. The standard InChI is InChI=1S/C13H12FN3O2S/c1-2-11-15-13(17-16-11)20-10(12(18)19)7-8-3-5-9(14)6-4-8/h3-7H,2H2,1H3,(H,18,19)(H,15,16,17)/b10-7-. The van der Waals surface area contributed by atoms with E-state index < -0.39 is 5.97 Å². The second-order valence-electron chi connectivity index (χ2n) is 3.89. The van der Waals surface area contributed by atoms with Crippen molar-refractivity contribution in [1.82, 2.24) is 15.2 Å². The molecule has 0 atom stereocenters. The molecule has 2 N–H and O–H groups in total. The molecule has 0 amide bonds. The molecule has 0 saturated carbocycles. The zero-order valence-electron chi connectivity index (χ0n) is 10.6. The van der Waals surface area contributed by atoms with Gasteiger partial charge in [0.15, 0.2) is 0 Å². The topological polar surface area (TPSA) is 78.9 Å². The summed E-state index contributed by atoms with van der Waals surface area (Å²) >= 11 is 0.946. The molecule has 1 aromatic heterocycles. The van der Waals surface area contributed by atoms with Crippen molar-refractivity contribution < 1.29 is 14.3 Å². The highest BCUT2D eigenvalue weighted by Gasteiger charge is 2.13. The predicted octanol–water partition coefficient (Wildman–Crippen LogP) is 2.72. The number of aromatic nitrogens is 3. The van der Waals surface area contributed by atoms with E-state index in [9.17, 15) is 14.3 Å². The molecule has 5 nitrogen and oxygen atoms in total. The molecule has 104 valence electrons. The fourth-order valence-corrected chi connectivity index (χ4v) is 2.15. The highest BCUT2D eigenvalue weighted by atomic mass is 32.2. The van der Waals surface area contributed by atoms with E-state index in [1.807, 2.05) is 6.92 Å². The predicted molar refractivity (Wildman–Crippen MR) is 73.6 cm³/mol. The lowest BCUT2D eigenvalue weighted by Gasteiger charge is -1.99. The van der Waals surface area contributed by atoms with Crippen LogP contribution in [0, 0.1) is 5.82 Å². The third kappa shape index (κ3) is 3.67. The normalized spacial score (nSPS) is 11.6. The molecule has 0 unspecified atom stereocenters. The van der Waals surface area contributed by atoms with E-state index in [2.05, 4.69) is 15.2 Å². The summed E-state index contributed by atoms with van der Waals surface area (Å²) in [6.07, 6.45) is 2.14. The van der Waals surface area contributed by atoms with Crippen molar-refractivity contribution in [3.8, 4) is 0 Å². The Kier molecular flexibility index (Phi) is 4.52. The molecule has 1 heterocycles. The smallest absolute Gasteiger partial charge is 0.342 e. The molecule has 2 aromatic rings. The quantitative estimate of drug-likeness (QED) is 0.654. The summed E-state index contributed by atoms with van der Waals surface area (Å²) in [6, 6.07) is 5.57. The maximum Gasteiger partial charge on any atom is 0.342 e. The zero-order chi connectivity index (χ0) is 14.5. The second-order valence-corrected chi connectivity index (χ2v) is 4.89. The average Bonchev–Trinajstić information content (AvgIpc) is 2.88. The molecule has 0 aliphatic heterocycles. The second kappa shape index (κ2) is 6.33. The van der Waals surface area contributed by atoms with Crippen molar-refractivity contribution in [2.75, 3.05) is 0 Å². The van der Waals surface area contributed by atoms with Gasteiger partial charge in [0.1, 0.15) is 16.5 Å². The first kappa shape index (κ1) is 14.3. The number of H-pyrrole nitrogens is 1. The van der Waals surface area contributed by atoms with E-state index in [4.69, 9.17) is 0 Å². The molecule has 0 saturated heterocycles. The fourth-order valence-electron chi connectivity index (χ4n) is 1.43. The Morgan fingerprint density at radius 3 is 2.70 bits per heavy atom. The van der Waals surface area contributed by atoms with E-state index in [0.29, 0.717) is 23.0 Å². The summed E-state index contributed by atoms with van der Waals surface area (Å²) in [5, 5.41) is 16.2. The number of aromatic amines is 1. The minimum absolute atomic E-state index is 0.0678. The third-order valence-electron chi connectivity index (χ3n) is 2.43. The van der Waals surface area contributed by atoms with E-state index in [0.717, 1.165) is 11.8 Å². The highest BCUT2D eigenvalue weighted by Crippen LogP contribution is 2.25. The number of benzene rings is 1. The number of carboxylic acid groups (broad SMARTS) is 1. The number of hydrogen-bond acceptors (Lipinski definition) is 4. The van der Waals surface area contributed by atoms with Crippen LogP contribution in [0.3, 0.4) is 0 Å². The lowest BCUT2D eigenvalue weighted by Crippen LogP contribution is -1.97. The van der Waals surface area contributed by atoms with Crippen molar-refractivity contribution in [2.45, 2.75) is 18.5 Å². The number of nitrogens with one attached hydrogen (secondary N) is 1. The Morgan fingerprint density at radius 1 is 1.45 bits per heavy atom. The van der Waals surface area contributed by atoms with Gasteiger partial charge in [0.25, 0.3) is 0 Å². The van der Waals surface area contributed by atoms with Crippen LogP contribution in [-0.2, 0) is 11.2 Å². The van der Waals surface area contributed by atoms with Crippen LogP contribution in [0.1, 0.15) is 18.3 Å². The molecular formula is C13H12FN3O2S. The fraction of sp³-hybridized carbons (Fsp3) is 0.154. The van der Waals surface area contributed by atoms with E-state index in [1.54, 1.807) is 0 Å². The van der Waals surface area contributed by atoms with Crippen LogP contribution in [-0.4, -0.2) is 26.3 Å². The first-order valence-corrected chi connectivity index (χ1v) is 6.70. The molecule has 0 spiro atoms. The molecular weight excluding hydrogens is 281 g/mol. The van der Waals surface area contributed by atoms with Crippen molar-refractivity contribution in [3.05, 3.63) is 46.4 Å². The molecule has 0 bridgehead atoms. The largest absolute Gasteiger partial charge is 0.477 e. The minimum Gasteiger partial charge on any atom is -0.477 e. The Labute approximate surface area is 118 Å². The summed E-state index contributed by atoms with van der Waals surface area (Å²) in [4.78, 5) is 15.4.